The number of allylic oxidation sites excluding steroid dienone is 1. The molecule has 0 aliphatic rings. The molecule has 2 aromatic carbocycles. The van der Waals surface area contributed by atoms with E-state index in [1.807, 2.05) is 6.07 Å². The number of hydrogen-bond acceptors (Lipinski definition) is 7. The lowest BCUT2D eigenvalue weighted by molar-refractivity contribution is -0.386. The van der Waals surface area contributed by atoms with Crippen LogP contribution in [0.2, 0.25) is 0 Å². The third-order valence-electron chi connectivity index (χ3n) is 3.29. The van der Waals surface area contributed by atoms with Gasteiger partial charge in [0.15, 0.2) is 5.75 Å². The molecule has 0 amide bonds. The lowest BCUT2D eigenvalue weighted by Crippen LogP contribution is -1.94. The Balaban J connectivity index is 2.59. The molecular formula is C16H11N3O6. The van der Waals surface area contributed by atoms with Crippen LogP contribution >= 0.6 is 0 Å². The predicted molar refractivity (Wildman–Crippen MR) is 87.9 cm³/mol. The smallest absolute Gasteiger partial charge is 0.315 e. The normalized spacial score (nSPS) is 10.8. The van der Waals surface area contributed by atoms with E-state index in [4.69, 9.17) is 4.74 Å². The Morgan fingerprint density at radius 1 is 1.24 bits per heavy atom. The number of nitro groups is 2. The maximum atomic E-state index is 11.0. The number of nitro benzene ring substituents is 2. The van der Waals surface area contributed by atoms with Crippen LogP contribution in [0, 0.1) is 31.6 Å². The molecule has 2 rings (SSSR count). The molecule has 9 heteroatoms. The van der Waals surface area contributed by atoms with Crippen LogP contribution in [0.5, 0.6) is 11.5 Å². The number of benzene rings is 2. The third-order valence-corrected chi connectivity index (χ3v) is 3.29. The SMILES string of the molecule is COc1cc(/C=C(/C#N)c2cccc([N+](=O)[O-])c2)cc([N+](=O)[O-])c1O. The molecule has 0 aliphatic carbocycles. The molecule has 0 aromatic heterocycles. The van der Waals surface area contributed by atoms with Gasteiger partial charge >= 0.3 is 5.69 Å². The summed E-state index contributed by atoms with van der Waals surface area (Å²) in [4.78, 5) is 20.5. The molecule has 0 aliphatic heterocycles. The molecule has 0 saturated carbocycles. The minimum Gasteiger partial charge on any atom is -0.500 e. The first-order chi connectivity index (χ1) is 11.9. The zero-order valence-electron chi connectivity index (χ0n) is 12.9. The molecule has 2 aromatic rings. The quantitative estimate of drug-likeness (QED) is 0.381. The van der Waals surface area contributed by atoms with Gasteiger partial charge in [0.05, 0.1) is 28.6 Å². The van der Waals surface area contributed by atoms with Crippen molar-refractivity contribution in [1.29, 1.82) is 5.26 Å². The van der Waals surface area contributed by atoms with E-state index in [0.717, 1.165) is 6.07 Å². The van der Waals surface area contributed by atoms with Crippen molar-refractivity contribution in [3.8, 4) is 17.6 Å². The molecule has 0 saturated heterocycles. The van der Waals surface area contributed by atoms with E-state index in [1.165, 1.54) is 43.5 Å². The third kappa shape index (κ3) is 3.70. The van der Waals surface area contributed by atoms with E-state index in [0.29, 0.717) is 0 Å². The molecule has 0 spiro atoms. The number of phenolic OH excluding ortho intramolecular Hbond substituents is 1. The van der Waals surface area contributed by atoms with Gasteiger partial charge in [-0.15, -0.1) is 0 Å². The van der Waals surface area contributed by atoms with E-state index < -0.39 is 21.3 Å². The zero-order chi connectivity index (χ0) is 18.6. The number of nitriles is 1. The largest absolute Gasteiger partial charge is 0.500 e. The molecule has 0 atom stereocenters. The highest BCUT2D eigenvalue weighted by atomic mass is 16.6. The van der Waals surface area contributed by atoms with Gasteiger partial charge in [0.25, 0.3) is 5.69 Å². The Bertz CT molecular complexity index is 930. The highest BCUT2D eigenvalue weighted by Gasteiger charge is 2.19. The second-order valence-corrected chi connectivity index (χ2v) is 4.83. The average Bonchev–Trinajstić information content (AvgIpc) is 2.60. The highest BCUT2D eigenvalue weighted by molar-refractivity contribution is 5.90. The first-order valence-corrected chi connectivity index (χ1v) is 6.79. The van der Waals surface area contributed by atoms with Gasteiger partial charge in [0, 0.05) is 18.2 Å². The Morgan fingerprint density at radius 2 is 1.96 bits per heavy atom. The second-order valence-electron chi connectivity index (χ2n) is 4.83. The van der Waals surface area contributed by atoms with Crippen LogP contribution in [0.1, 0.15) is 11.1 Å². The minimum atomic E-state index is -0.783. The van der Waals surface area contributed by atoms with E-state index in [-0.39, 0.29) is 28.1 Å². The number of nitrogens with zero attached hydrogens (tertiary/aromatic N) is 3. The summed E-state index contributed by atoms with van der Waals surface area (Å²) in [5.41, 5.74) is -0.198. The van der Waals surface area contributed by atoms with Gasteiger partial charge in [-0.1, -0.05) is 12.1 Å². The van der Waals surface area contributed by atoms with E-state index in [9.17, 15) is 30.6 Å². The number of phenols is 1. The van der Waals surface area contributed by atoms with Gasteiger partial charge in [-0.3, -0.25) is 20.2 Å². The fourth-order valence-corrected chi connectivity index (χ4v) is 2.13. The topological polar surface area (TPSA) is 140 Å². The van der Waals surface area contributed by atoms with Crippen molar-refractivity contribution in [3.63, 3.8) is 0 Å². The summed E-state index contributed by atoms with van der Waals surface area (Å²) >= 11 is 0. The van der Waals surface area contributed by atoms with Gasteiger partial charge in [-0.05, 0) is 23.3 Å². The maximum Gasteiger partial charge on any atom is 0.315 e. The molecule has 0 unspecified atom stereocenters. The molecule has 25 heavy (non-hydrogen) atoms. The molecular weight excluding hydrogens is 330 g/mol. The summed E-state index contributed by atoms with van der Waals surface area (Å²) in [6, 6.07) is 9.74. The van der Waals surface area contributed by atoms with Crippen LogP contribution in [-0.4, -0.2) is 22.1 Å². The van der Waals surface area contributed by atoms with Crippen molar-refractivity contribution in [2.75, 3.05) is 7.11 Å². The maximum absolute atomic E-state index is 11.0. The average molecular weight is 341 g/mol. The van der Waals surface area contributed by atoms with E-state index in [1.54, 1.807) is 0 Å². The van der Waals surface area contributed by atoms with Gasteiger partial charge < -0.3 is 9.84 Å². The van der Waals surface area contributed by atoms with Crippen LogP contribution in [0.15, 0.2) is 36.4 Å². The summed E-state index contributed by atoms with van der Waals surface area (Å²) in [6.45, 7) is 0. The summed E-state index contributed by atoms with van der Waals surface area (Å²) in [6.07, 6.45) is 1.31. The van der Waals surface area contributed by atoms with Crippen molar-refractivity contribution < 1.29 is 19.7 Å². The monoisotopic (exact) mass is 341 g/mol. The van der Waals surface area contributed by atoms with Crippen molar-refractivity contribution in [2.45, 2.75) is 0 Å². The van der Waals surface area contributed by atoms with Crippen LogP contribution in [-0.2, 0) is 0 Å². The van der Waals surface area contributed by atoms with Gasteiger partial charge in [-0.2, -0.15) is 5.26 Å². The van der Waals surface area contributed by atoms with Gasteiger partial charge in [0.2, 0.25) is 5.75 Å². The van der Waals surface area contributed by atoms with Crippen molar-refractivity contribution in [3.05, 3.63) is 67.8 Å². The van der Waals surface area contributed by atoms with Gasteiger partial charge in [-0.25, -0.2) is 0 Å². The Kier molecular flexibility index (Phi) is 4.95. The summed E-state index contributed by atoms with van der Waals surface area (Å²) in [5, 5.41) is 41.0. The second kappa shape index (κ2) is 7.10. The van der Waals surface area contributed by atoms with Crippen LogP contribution in [0.4, 0.5) is 11.4 Å². The Morgan fingerprint density at radius 3 is 2.52 bits per heavy atom. The number of hydrogen-bond donors (Lipinski definition) is 1. The predicted octanol–water partition coefficient (Wildman–Crippen LogP) is 3.28. The number of aromatic hydroxyl groups is 1. The first kappa shape index (κ1) is 17.4. The number of non-ortho nitro benzene ring substituents is 1. The van der Waals surface area contributed by atoms with Crippen molar-refractivity contribution >= 4 is 23.0 Å². The first-order valence-electron chi connectivity index (χ1n) is 6.79. The van der Waals surface area contributed by atoms with Crippen molar-refractivity contribution in [2.24, 2.45) is 0 Å². The molecule has 0 heterocycles. The molecule has 0 fully saturated rings. The van der Waals surface area contributed by atoms with E-state index >= 15 is 0 Å². The molecule has 1 N–H and O–H groups in total. The zero-order valence-corrected chi connectivity index (χ0v) is 12.9. The summed E-state index contributed by atoms with van der Waals surface area (Å²) in [5.74, 6) is -0.754. The minimum absolute atomic E-state index is 0.0609. The van der Waals surface area contributed by atoms with Crippen molar-refractivity contribution in [1.82, 2.24) is 0 Å². The fourth-order valence-electron chi connectivity index (χ4n) is 2.13. The lowest BCUT2D eigenvalue weighted by atomic mass is 10.0. The molecule has 126 valence electrons. The Hall–Kier alpha value is -3.93. The number of methoxy groups -OCH3 is 1. The summed E-state index contributed by atoms with van der Waals surface area (Å²) in [7, 11) is 1.23. The van der Waals surface area contributed by atoms with Crippen LogP contribution in [0.3, 0.4) is 0 Å². The Labute approximate surface area is 141 Å². The standard InChI is InChI=1S/C16H11N3O6/c1-25-15-7-10(6-14(16(15)20)19(23)24)5-12(9-17)11-3-2-4-13(8-11)18(21)22/h2-8,20H,1H3/b12-5-. The fraction of sp³-hybridized carbons (Fsp3) is 0.0625. The number of ether oxygens (including phenoxy) is 1. The van der Waals surface area contributed by atoms with Crippen LogP contribution < -0.4 is 4.74 Å². The van der Waals surface area contributed by atoms with Crippen LogP contribution in [0.25, 0.3) is 11.6 Å². The van der Waals surface area contributed by atoms with E-state index in [2.05, 4.69) is 0 Å². The molecule has 0 radical (unpaired) electrons. The summed E-state index contributed by atoms with van der Waals surface area (Å²) < 4.78 is 4.89. The highest BCUT2D eigenvalue weighted by Crippen LogP contribution is 2.37. The molecule has 0 bridgehead atoms. The molecule has 9 nitrogen and oxygen atoms in total. The lowest BCUT2D eigenvalue weighted by Gasteiger charge is -2.06. The number of rotatable bonds is 5. The van der Waals surface area contributed by atoms with Gasteiger partial charge in [0.1, 0.15) is 0 Å².